The number of fused-ring (bicyclic) bond motifs is 1. The maximum absolute atomic E-state index is 12.3. The van der Waals surface area contributed by atoms with Gasteiger partial charge >= 0.3 is 6.03 Å². The summed E-state index contributed by atoms with van der Waals surface area (Å²) in [5.74, 6) is 1.80. The summed E-state index contributed by atoms with van der Waals surface area (Å²) in [5.41, 5.74) is 1.04. The minimum Gasteiger partial charge on any atom is -0.486 e. The van der Waals surface area contributed by atoms with E-state index in [4.69, 9.17) is 9.47 Å². The molecule has 6 nitrogen and oxygen atoms in total. The zero-order valence-electron chi connectivity index (χ0n) is 15.9. The number of ether oxygens (including phenoxy) is 2. The van der Waals surface area contributed by atoms with Crippen molar-refractivity contribution in [1.82, 2.24) is 15.5 Å². The van der Waals surface area contributed by atoms with Gasteiger partial charge < -0.3 is 25.0 Å². The molecule has 1 aromatic carbocycles. The van der Waals surface area contributed by atoms with Crippen LogP contribution in [0.5, 0.6) is 11.5 Å². The maximum atomic E-state index is 12.3. The molecule has 2 heterocycles. The Kier molecular flexibility index (Phi) is 6.61. The van der Waals surface area contributed by atoms with E-state index in [-0.39, 0.29) is 18.0 Å². The molecule has 2 aliphatic rings. The van der Waals surface area contributed by atoms with Crippen molar-refractivity contribution in [1.29, 1.82) is 0 Å². The standard InChI is InChI=1S/C20H31N3O3/c1-15(2)19(16-6-7-17-18(14-16)26-13-12-25-17)22-20(24)21-8-5-11-23-9-3-4-10-23/h6-7,14-15,19H,3-5,8-13H2,1-2H3,(H2,21,22,24)/t19-/m0/s1. The predicted octanol–water partition coefficient (Wildman–Crippen LogP) is 2.94. The van der Waals surface area contributed by atoms with Gasteiger partial charge in [0.1, 0.15) is 13.2 Å². The molecular formula is C20H31N3O3. The summed E-state index contributed by atoms with van der Waals surface area (Å²) in [5, 5.41) is 6.10. The van der Waals surface area contributed by atoms with Crippen LogP contribution in [0.4, 0.5) is 4.79 Å². The van der Waals surface area contributed by atoms with E-state index in [0.717, 1.165) is 30.0 Å². The molecule has 1 atom stereocenters. The molecule has 1 fully saturated rings. The molecular weight excluding hydrogens is 330 g/mol. The van der Waals surface area contributed by atoms with Gasteiger partial charge in [-0.05, 0) is 62.5 Å². The van der Waals surface area contributed by atoms with Gasteiger partial charge in [-0.15, -0.1) is 0 Å². The molecule has 2 amide bonds. The number of nitrogens with zero attached hydrogens (tertiary/aromatic N) is 1. The minimum absolute atomic E-state index is 0.0654. The Labute approximate surface area is 156 Å². The largest absolute Gasteiger partial charge is 0.486 e. The van der Waals surface area contributed by atoms with Crippen LogP contribution in [0, 0.1) is 5.92 Å². The first-order valence-electron chi connectivity index (χ1n) is 9.80. The van der Waals surface area contributed by atoms with E-state index < -0.39 is 0 Å². The van der Waals surface area contributed by atoms with Gasteiger partial charge in [-0.2, -0.15) is 0 Å². The fourth-order valence-electron chi connectivity index (χ4n) is 3.59. The third kappa shape index (κ3) is 5.04. The van der Waals surface area contributed by atoms with E-state index in [9.17, 15) is 4.79 Å². The summed E-state index contributed by atoms with van der Waals surface area (Å²) >= 11 is 0. The summed E-state index contributed by atoms with van der Waals surface area (Å²) < 4.78 is 11.2. The number of carbonyl (C=O) groups excluding carboxylic acids is 1. The highest BCUT2D eigenvalue weighted by molar-refractivity contribution is 5.74. The molecule has 0 unspecified atom stereocenters. The third-order valence-corrected chi connectivity index (χ3v) is 5.01. The van der Waals surface area contributed by atoms with Gasteiger partial charge in [0.15, 0.2) is 11.5 Å². The smallest absolute Gasteiger partial charge is 0.315 e. The quantitative estimate of drug-likeness (QED) is 0.733. The molecule has 26 heavy (non-hydrogen) atoms. The van der Waals surface area contributed by atoms with Crippen LogP contribution in [0.3, 0.4) is 0 Å². The van der Waals surface area contributed by atoms with Crippen molar-refractivity contribution < 1.29 is 14.3 Å². The van der Waals surface area contributed by atoms with Crippen molar-refractivity contribution in [2.75, 3.05) is 39.4 Å². The molecule has 0 bridgehead atoms. The van der Waals surface area contributed by atoms with Gasteiger partial charge in [0.2, 0.25) is 0 Å². The molecule has 1 aromatic rings. The Morgan fingerprint density at radius 1 is 1.15 bits per heavy atom. The second kappa shape index (κ2) is 9.12. The fraction of sp³-hybridized carbons (Fsp3) is 0.650. The van der Waals surface area contributed by atoms with Crippen LogP contribution in [0.1, 0.15) is 44.7 Å². The lowest BCUT2D eigenvalue weighted by molar-refractivity contribution is 0.171. The lowest BCUT2D eigenvalue weighted by Crippen LogP contribution is -2.40. The highest BCUT2D eigenvalue weighted by Gasteiger charge is 2.21. The molecule has 2 aliphatic heterocycles. The number of benzene rings is 1. The van der Waals surface area contributed by atoms with Crippen LogP contribution in [0.2, 0.25) is 0 Å². The zero-order chi connectivity index (χ0) is 18.4. The summed E-state index contributed by atoms with van der Waals surface area (Å²) in [6, 6.07) is 5.73. The number of likely N-dealkylation sites (tertiary alicyclic amines) is 1. The SMILES string of the molecule is CC(C)[C@H](NC(=O)NCCCN1CCCC1)c1ccc2c(c1)OCCO2. The van der Waals surface area contributed by atoms with Crippen LogP contribution in [0.25, 0.3) is 0 Å². The van der Waals surface area contributed by atoms with E-state index in [1.54, 1.807) is 0 Å². The topological polar surface area (TPSA) is 62.8 Å². The average Bonchev–Trinajstić information content (AvgIpc) is 3.16. The number of urea groups is 1. The molecule has 0 spiro atoms. The van der Waals surface area contributed by atoms with E-state index in [1.807, 2.05) is 18.2 Å². The van der Waals surface area contributed by atoms with Gasteiger partial charge in [0, 0.05) is 6.54 Å². The highest BCUT2D eigenvalue weighted by Crippen LogP contribution is 2.34. The summed E-state index contributed by atoms with van der Waals surface area (Å²) in [4.78, 5) is 14.8. The predicted molar refractivity (Wildman–Crippen MR) is 102 cm³/mol. The summed E-state index contributed by atoms with van der Waals surface area (Å²) in [6.45, 7) is 9.53. The van der Waals surface area contributed by atoms with E-state index in [2.05, 4.69) is 29.4 Å². The fourth-order valence-corrected chi connectivity index (χ4v) is 3.59. The summed E-state index contributed by atoms with van der Waals surface area (Å²) in [7, 11) is 0. The Morgan fingerprint density at radius 2 is 1.88 bits per heavy atom. The first-order chi connectivity index (χ1) is 12.6. The van der Waals surface area contributed by atoms with Crippen molar-refractivity contribution in [3.8, 4) is 11.5 Å². The average molecular weight is 361 g/mol. The molecule has 6 heteroatoms. The third-order valence-electron chi connectivity index (χ3n) is 5.01. The van der Waals surface area contributed by atoms with Crippen molar-refractivity contribution in [2.45, 2.75) is 39.2 Å². The Balaban J connectivity index is 1.50. The second-order valence-electron chi connectivity index (χ2n) is 7.43. The lowest BCUT2D eigenvalue weighted by atomic mass is 9.95. The minimum atomic E-state index is -0.111. The normalized spacial score (nSPS) is 18.0. The van der Waals surface area contributed by atoms with Gasteiger partial charge in [-0.1, -0.05) is 19.9 Å². The van der Waals surface area contributed by atoms with Crippen molar-refractivity contribution in [2.24, 2.45) is 5.92 Å². The Hall–Kier alpha value is -1.95. The van der Waals surface area contributed by atoms with Crippen LogP contribution in [0.15, 0.2) is 18.2 Å². The molecule has 0 aliphatic carbocycles. The van der Waals surface area contributed by atoms with Gasteiger partial charge in [-0.3, -0.25) is 0 Å². The molecule has 144 valence electrons. The van der Waals surface area contributed by atoms with Crippen LogP contribution < -0.4 is 20.1 Å². The number of carbonyl (C=O) groups is 1. The summed E-state index contributed by atoms with van der Waals surface area (Å²) in [6.07, 6.45) is 3.60. The highest BCUT2D eigenvalue weighted by atomic mass is 16.6. The van der Waals surface area contributed by atoms with Gasteiger partial charge in [-0.25, -0.2) is 4.79 Å². The lowest BCUT2D eigenvalue weighted by Gasteiger charge is -2.25. The first kappa shape index (κ1) is 18.8. The van der Waals surface area contributed by atoms with Crippen molar-refractivity contribution in [3.05, 3.63) is 23.8 Å². The monoisotopic (exact) mass is 361 g/mol. The van der Waals surface area contributed by atoms with Gasteiger partial charge in [0.05, 0.1) is 6.04 Å². The van der Waals surface area contributed by atoms with E-state index >= 15 is 0 Å². The number of hydrogen-bond donors (Lipinski definition) is 2. The van der Waals surface area contributed by atoms with Crippen LogP contribution in [-0.4, -0.2) is 50.3 Å². The maximum Gasteiger partial charge on any atom is 0.315 e. The van der Waals surface area contributed by atoms with Crippen molar-refractivity contribution in [3.63, 3.8) is 0 Å². The van der Waals surface area contributed by atoms with Gasteiger partial charge in [0.25, 0.3) is 0 Å². The van der Waals surface area contributed by atoms with Crippen LogP contribution >= 0.6 is 0 Å². The van der Waals surface area contributed by atoms with E-state index in [1.165, 1.54) is 25.9 Å². The Morgan fingerprint density at radius 3 is 2.62 bits per heavy atom. The number of rotatable bonds is 7. The number of hydrogen-bond acceptors (Lipinski definition) is 4. The number of nitrogens with one attached hydrogen (secondary N) is 2. The molecule has 0 radical (unpaired) electrons. The molecule has 3 rings (SSSR count). The molecule has 0 saturated carbocycles. The molecule has 0 aromatic heterocycles. The zero-order valence-corrected chi connectivity index (χ0v) is 15.9. The second-order valence-corrected chi connectivity index (χ2v) is 7.43. The van der Waals surface area contributed by atoms with Crippen LogP contribution in [-0.2, 0) is 0 Å². The molecule has 1 saturated heterocycles. The Bertz CT molecular complexity index is 600. The van der Waals surface area contributed by atoms with E-state index in [0.29, 0.717) is 19.8 Å². The van der Waals surface area contributed by atoms with Crippen molar-refractivity contribution >= 4 is 6.03 Å². The molecule has 2 N–H and O–H groups in total. The number of amides is 2. The first-order valence-corrected chi connectivity index (χ1v) is 9.80.